The van der Waals surface area contributed by atoms with E-state index in [-0.39, 0.29) is 5.91 Å². The zero-order valence-electron chi connectivity index (χ0n) is 11.8. The average molecular weight is 264 g/mol. The molecule has 0 aliphatic heterocycles. The molecule has 0 heterocycles. The second-order valence-electron chi connectivity index (χ2n) is 4.73. The molecule has 1 atom stereocenters. The smallest absolute Gasteiger partial charge is 0.224 e. The second-order valence-corrected chi connectivity index (χ2v) is 4.73. The zero-order valence-corrected chi connectivity index (χ0v) is 11.8. The molecule has 0 radical (unpaired) electrons. The number of benzene rings is 1. The van der Waals surface area contributed by atoms with Gasteiger partial charge in [-0.2, -0.15) is 0 Å². The zero-order chi connectivity index (χ0) is 14.1. The molecular formula is C15H24N2O2. The minimum atomic E-state index is 0.0394. The fourth-order valence-electron chi connectivity index (χ4n) is 1.86. The van der Waals surface area contributed by atoms with Crippen LogP contribution in [0, 0.1) is 5.92 Å². The monoisotopic (exact) mass is 264 g/mol. The van der Waals surface area contributed by atoms with Crippen LogP contribution in [0.4, 0.5) is 5.69 Å². The Bertz CT molecular complexity index is 393. The van der Waals surface area contributed by atoms with Crippen molar-refractivity contribution in [3.05, 3.63) is 24.3 Å². The molecule has 0 fully saturated rings. The lowest BCUT2D eigenvalue weighted by molar-refractivity contribution is -0.116. The average Bonchev–Trinajstić information content (AvgIpc) is 2.38. The lowest BCUT2D eigenvalue weighted by Crippen LogP contribution is -2.14. The first-order valence-electron chi connectivity index (χ1n) is 6.88. The summed E-state index contributed by atoms with van der Waals surface area (Å²) in [7, 11) is 0. The van der Waals surface area contributed by atoms with Crippen molar-refractivity contribution in [1.82, 2.24) is 0 Å². The maximum Gasteiger partial charge on any atom is 0.224 e. The molecule has 1 aromatic carbocycles. The molecule has 0 bridgehead atoms. The molecule has 1 rings (SSSR count). The highest BCUT2D eigenvalue weighted by molar-refractivity contribution is 5.90. The number of ether oxygens (including phenoxy) is 1. The van der Waals surface area contributed by atoms with Crippen molar-refractivity contribution in [2.45, 2.75) is 33.1 Å². The van der Waals surface area contributed by atoms with Gasteiger partial charge in [-0.05, 0) is 44.4 Å². The van der Waals surface area contributed by atoms with Gasteiger partial charge in [-0.3, -0.25) is 4.79 Å². The number of anilines is 1. The van der Waals surface area contributed by atoms with E-state index in [9.17, 15) is 4.79 Å². The van der Waals surface area contributed by atoms with E-state index in [0.717, 1.165) is 24.3 Å². The van der Waals surface area contributed by atoms with Gasteiger partial charge in [-0.15, -0.1) is 0 Å². The Labute approximate surface area is 115 Å². The molecule has 0 aliphatic carbocycles. The van der Waals surface area contributed by atoms with Crippen molar-refractivity contribution in [3.63, 3.8) is 0 Å². The maximum atomic E-state index is 11.8. The van der Waals surface area contributed by atoms with Crippen LogP contribution in [0.1, 0.15) is 33.1 Å². The van der Waals surface area contributed by atoms with Gasteiger partial charge in [0.25, 0.3) is 0 Å². The maximum absolute atomic E-state index is 11.8. The summed E-state index contributed by atoms with van der Waals surface area (Å²) in [4.78, 5) is 11.8. The van der Waals surface area contributed by atoms with Crippen LogP contribution >= 0.6 is 0 Å². The number of nitrogens with two attached hydrogens (primary N) is 1. The number of nitrogens with one attached hydrogen (secondary N) is 1. The Morgan fingerprint density at radius 3 is 2.89 bits per heavy atom. The van der Waals surface area contributed by atoms with Gasteiger partial charge >= 0.3 is 0 Å². The molecule has 106 valence electrons. The minimum absolute atomic E-state index is 0.0394. The van der Waals surface area contributed by atoms with Crippen molar-refractivity contribution >= 4 is 11.6 Å². The Balaban J connectivity index is 2.41. The van der Waals surface area contributed by atoms with E-state index in [4.69, 9.17) is 10.5 Å². The number of carbonyl (C=O) groups is 1. The van der Waals surface area contributed by atoms with Crippen molar-refractivity contribution in [1.29, 1.82) is 0 Å². The third-order valence-electron chi connectivity index (χ3n) is 2.95. The largest absolute Gasteiger partial charge is 0.494 e. The minimum Gasteiger partial charge on any atom is -0.494 e. The molecule has 1 unspecified atom stereocenters. The van der Waals surface area contributed by atoms with Gasteiger partial charge in [0.1, 0.15) is 5.75 Å². The van der Waals surface area contributed by atoms with Crippen LogP contribution in [0.25, 0.3) is 0 Å². The van der Waals surface area contributed by atoms with E-state index >= 15 is 0 Å². The van der Waals surface area contributed by atoms with Crippen LogP contribution in [0.2, 0.25) is 0 Å². The summed E-state index contributed by atoms with van der Waals surface area (Å²) in [5.41, 5.74) is 6.27. The van der Waals surface area contributed by atoms with E-state index in [2.05, 4.69) is 12.2 Å². The summed E-state index contributed by atoms with van der Waals surface area (Å²) in [6.07, 6.45) is 2.36. The molecule has 1 amide bonds. The number of amides is 1. The van der Waals surface area contributed by atoms with Gasteiger partial charge in [-0.1, -0.05) is 13.0 Å². The van der Waals surface area contributed by atoms with Crippen molar-refractivity contribution in [3.8, 4) is 5.75 Å². The molecule has 0 spiro atoms. The first-order chi connectivity index (χ1) is 9.15. The van der Waals surface area contributed by atoms with Gasteiger partial charge in [0.2, 0.25) is 5.91 Å². The van der Waals surface area contributed by atoms with Gasteiger partial charge < -0.3 is 15.8 Å². The second kappa shape index (κ2) is 8.53. The lowest BCUT2D eigenvalue weighted by Gasteiger charge is -2.10. The highest BCUT2D eigenvalue weighted by atomic mass is 16.5. The van der Waals surface area contributed by atoms with E-state index < -0.39 is 0 Å². The quantitative estimate of drug-likeness (QED) is 0.759. The molecule has 4 heteroatoms. The third-order valence-corrected chi connectivity index (χ3v) is 2.95. The highest BCUT2D eigenvalue weighted by Crippen LogP contribution is 2.18. The fraction of sp³-hybridized carbons (Fsp3) is 0.533. The Morgan fingerprint density at radius 2 is 2.21 bits per heavy atom. The van der Waals surface area contributed by atoms with Crippen LogP contribution in [0.5, 0.6) is 5.75 Å². The fourth-order valence-corrected chi connectivity index (χ4v) is 1.86. The summed E-state index contributed by atoms with van der Waals surface area (Å²) >= 11 is 0. The molecule has 0 aromatic heterocycles. The summed E-state index contributed by atoms with van der Waals surface area (Å²) in [6, 6.07) is 7.45. The highest BCUT2D eigenvalue weighted by Gasteiger charge is 2.07. The lowest BCUT2D eigenvalue weighted by atomic mass is 10.0. The van der Waals surface area contributed by atoms with E-state index in [0.29, 0.717) is 25.5 Å². The molecule has 3 N–H and O–H groups in total. The number of carbonyl (C=O) groups excluding carboxylic acids is 1. The van der Waals surface area contributed by atoms with E-state index in [1.165, 1.54) is 0 Å². The van der Waals surface area contributed by atoms with Gasteiger partial charge in [0.15, 0.2) is 0 Å². The predicted octanol–water partition coefficient (Wildman–Crippen LogP) is 2.79. The topological polar surface area (TPSA) is 64.3 Å². The predicted molar refractivity (Wildman–Crippen MR) is 78.3 cm³/mol. The van der Waals surface area contributed by atoms with E-state index in [1.54, 1.807) is 0 Å². The first kappa shape index (κ1) is 15.5. The first-order valence-corrected chi connectivity index (χ1v) is 6.88. The third kappa shape index (κ3) is 6.25. The van der Waals surface area contributed by atoms with Crippen LogP contribution in [0.15, 0.2) is 24.3 Å². The number of hydrogen-bond acceptors (Lipinski definition) is 3. The number of hydrogen-bond donors (Lipinski definition) is 2. The van der Waals surface area contributed by atoms with Gasteiger partial charge in [0, 0.05) is 18.2 Å². The van der Waals surface area contributed by atoms with Gasteiger partial charge in [-0.25, -0.2) is 0 Å². The van der Waals surface area contributed by atoms with Crippen LogP contribution < -0.4 is 15.8 Å². The molecule has 4 nitrogen and oxygen atoms in total. The molecule has 1 aromatic rings. The molecular weight excluding hydrogens is 240 g/mol. The van der Waals surface area contributed by atoms with Crippen LogP contribution in [-0.2, 0) is 4.79 Å². The molecule has 0 saturated carbocycles. The summed E-state index contributed by atoms with van der Waals surface area (Å²) in [5, 5.41) is 2.89. The normalized spacial score (nSPS) is 11.9. The summed E-state index contributed by atoms with van der Waals surface area (Å²) in [5.74, 6) is 1.31. The van der Waals surface area contributed by atoms with Crippen molar-refractivity contribution in [2.75, 3.05) is 18.5 Å². The SMILES string of the molecule is CCOc1cccc(NC(=O)CCC(C)CCN)c1. The van der Waals surface area contributed by atoms with Crippen molar-refractivity contribution in [2.24, 2.45) is 11.7 Å². The Morgan fingerprint density at radius 1 is 1.42 bits per heavy atom. The Kier molecular flexibility index (Phi) is 6.97. The standard InChI is InChI=1S/C15H24N2O2/c1-3-19-14-6-4-5-13(11-14)17-15(18)8-7-12(2)9-10-16/h4-6,11-12H,3,7-10,16H2,1-2H3,(H,17,18). The molecule has 0 saturated heterocycles. The van der Waals surface area contributed by atoms with Gasteiger partial charge in [0.05, 0.1) is 6.61 Å². The van der Waals surface area contributed by atoms with Crippen molar-refractivity contribution < 1.29 is 9.53 Å². The van der Waals surface area contributed by atoms with E-state index in [1.807, 2.05) is 31.2 Å². The summed E-state index contributed by atoms with van der Waals surface area (Å²) < 4.78 is 5.39. The van der Waals surface area contributed by atoms with Crippen LogP contribution in [0.3, 0.4) is 0 Å². The summed E-state index contributed by atoms with van der Waals surface area (Å²) in [6.45, 7) is 5.35. The van der Waals surface area contributed by atoms with Crippen LogP contribution in [-0.4, -0.2) is 19.1 Å². The Hall–Kier alpha value is -1.55. The molecule has 0 aliphatic rings. The molecule has 19 heavy (non-hydrogen) atoms. The number of rotatable bonds is 8.